The number of thiazole rings is 1. The molecule has 0 amide bonds. The van der Waals surface area contributed by atoms with Gasteiger partial charge in [-0.15, -0.1) is 11.3 Å². The van der Waals surface area contributed by atoms with Gasteiger partial charge in [0, 0.05) is 43.5 Å². The summed E-state index contributed by atoms with van der Waals surface area (Å²) in [7, 11) is 0. The van der Waals surface area contributed by atoms with E-state index in [2.05, 4.69) is 16.7 Å². The molecular weight excluding hydrogens is 244 g/mol. The number of aromatic nitrogens is 1. The highest BCUT2D eigenvalue weighted by Crippen LogP contribution is 2.44. The molecule has 1 saturated carbocycles. The molecule has 1 aromatic rings. The van der Waals surface area contributed by atoms with E-state index in [1.807, 2.05) is 11.3 Å². The zero-order valence-corrected chi connectivity index (χ0v) is 11.9. The van der Waals surface area contributed by atoms with Gasteiger partial charge in [-0.25, -0.2) is 4.98 Å². The Morgan fingerprint density at radius 3 is 2.56 bits per heavy atom. The van der Waals surface area contributed by atoms with Gasteiger partial charge in [0.2, 0.25) is 0 Å². The van der Waals surface area contributed by atoms with Crippen molar-refractivity contribution in [2.24, 2.45) is 5.73 Å². The Kier molecular flexibility index (Phi) is 3.54. The van der Waals surface area contributed by atoms with Crippen molar-refractivity contribution >= 4 is 16.5 Å². The highest BCUT2D eigenvalue weighted by molar-refractivity contribution is 7.15. The van der Waals surface area contributed by atoms with Crippen LogP contribution in [-0.4, -0.2) is 42.6 Å². The van der Waals surface area contributed by atoms with Gasteiger partial charge in [0.25, 0.3) is 0 Å². The summed E-state index contributed by atoms with van der Waals surface area (Å²) < 4.78 is 0. The first-order valence-corrected chi connectivity index (χ1v) is 7.80. The minimum Gasteiger partial charge on any atom is -0.346 e. The molecule has 100 valence electrons. The summed E-state index contributed by atoms with van der Waals surface area (Å²) >= 11 is 1.81. The van der Waals surface area contributed by atoms with Gasteiger partial charge in [-0.2, -0.15) is 0 Å². The maximum Gasteiger partial charge on any atom is 0.185 e. The van der Waals surface area contributed by atoms with Crippen molar-refractivity contribution in [1.82, 2.24) is 9.88 Å². The summed E-state index contributed by atoms with van der Waals surface area (Å²) in [5.74, 6) is 0.713. The SMILES string of the molecule is CCN1CCN(c2nc(C3CC3)c(CN)s2)CC1. The summed E-state index contributed by atoms with van der Waals surface area (Å²) in [5, 5.41) is 1.20. The summed E-state index contributed by atoms with van der Waals surface area (Å²) in [6, 6.07) is 0. The first-order chi connectivity index (χ1) is 8.81. The van der Waals surface area contributed by atoms with Crippen molar-refractivity contribution in [3.05, 3.63) is 10.6 Å². The van der Waals surface area contributed by atoms with Crippen LogP contribution in [0.15, 0.2) is 0 Å². The van der Waals surface area contributed by atoms with Crippen LogP contribution in [0.1, 0.15) is 36.3 Å². The maximum absolute atomic E-state index is 5.85. The molecule has 4 nitrogen and oxygen atoms in total. The lowest BCUT2D eigenvalue weighted by atomic mass is 10.2. The second kappa shape index (κ2) is 5.15. The topological polar surface area (TPSA) is 45.4 Å². The molecule has 0 bridgehead atoms. The smallest absolute Gasteiger partial charge is 0.185 e. The van der Waals surface area contributed by atoms with E-state index in [0.717, 1.165) is 32.7 Å². The molecule has 2 N–H and O–H groups in total. The molecule has 2 aliphatic rings. The van der Waals surface area contributed by atoms with Crippen molar-refractivity contribution < 1.29 is 0 Å². The van der Waals surface area contributed by atoms with Gasteiger partial charge < -0.3 is 15.5 Å². The molecule has 18 heavy (non-hydrogen) atoms. The molecule has 0 radical (unpaired) electrons. The average Bonchev–Trinajstić information content (AvgIpc) is 3.18. The third kappa shape index (κ3) is 2.39. The molecule has 1 aliphatic heterocycles. The summed E-state index contributed by atoms with van der Waals surface area (Å²) in [6.45, 7) is 8.58. The second-order valence-electron chi connectivity index (χ2n) is 5.20. The molecule has 2 fully saturated rings. The summed E-state index contributed by atoms with van der Waals surface area (Å²) in [5.41, 5.74) is 7.15. The van der Waals surface area contributed by atoms with E-state index in [1.54, 1.807) is 0 Å². The monoisotopic (exact) mass is 266 g/mol. The van der Waals surface area contributed by atoms with Crippen LogP contribution in [-0.2, 0) is 6.54 Å². The van der Waals surface area contributed by atoms with Gasteiger partial charge in [0.05, 0.1) is 5.69 Å². The number of hydrogen-bond donors (Lipinski definition) is 1. The quantitative estimate of drug-likeness (QED) is 0.899. The number of likely N-dealkylation sites (N-methyl/N-ethyl adjacent to an activating group) is 1. The van der Waals surface area contributed by atoms with Gasteiger partial charge in [-0.1, -0.05) is 6.92 Å². The molecule has 0 aromatic carbocycles. The van der Waals surface area contributed by atoms with Crippen molar-refractivity contribution in [3.8, 4) is 0 Å². The highest BCUT2D eigenvalue weighted by atomic mass is 32.1. The van der Waals surface area contributed by atoms with E-state index in [1.165, 1.54) is 28.5 Å². The normalized spacial score (nSPS) is 21.6. The number of rotatable bonds is 4. The predicted molar refractivity (Wildman–Crippen MR) is 76.3 cm³/mol. The van der Waals surface area contributed by atoms with Crippen molar-refractivity contribution in [1.29, 1.82) is 0 Å². The minimum absolute atomic E-state index is 0.651. The predicted octanol–water partition coefficient (Wildman–Crippen LogP) is 1.62. The summed E-state index contributed by atoms with van der Waals surface area (Å²) in [4.78, 5) is 11.1. The lowest BCUT2D eigenvalue weighted by molar-refractivity contribution is 0.271. The molecule has 0 atom stereocenters. The second-order valence-corrected chi connectivity index (χ2v) is 6.27. The third-order valence-corrected chi connectivity index (χ3v) is 5.11. The summed E-state index contributed by atoms with van der Waals surface area (Å²) in [6.07, 6.45) is 2.61. The molecule has 1 saturated heterocycles. The highest BCUT2D eigenvalue weighted by Gasteiger charge is 2.30. The standard InChI is InChI=1S/C13H22N4S/c1-2-16-5-7-17(8-6-16)13-15-12(10-3-4-10)11(9-14)18-13/h10H,2-9,14H2,1H3. The van der Waals surface area contributed by atoms with E-state index in [-0.39, 0.29) is 0 Å². The molecule has 2 heterocycles. The zero-order valence-electron chi connectivity index (χ0n) is 11.1. The first kappa shape index (κ1) is 12.4. The Balaban J connectivity index is 1.72. The Bertz CT molecular complexity index is 405. The van der Waals surface area contributed by atoms with E-state index in [4.69, 9.17) is 10.7 Å². The molecule has 0 unspecified atom stereocenters. The van der Waals surface area contributed by atoms with Gasteiger partial charge in [0.15, 0.2) is 5.13 Å². The van der Waals surface area contributed by atoms with Crippen molar-refractivity contribution in [2.75, 3.05) is 37.6 Å². The molecule has 1 aliphatic carbocycles. The molecule has 3 rings (SSSR count). The Morgan fingerprint density at radius 1 is 1.28 bits per heavy atom. The first-order valence-electron chi connectivity index (χ1n) is 6.98. The number of piperazine rings is 1. The number of nitrogens with zero attached hydrogens (tertiary/aromatic N) is 3. The largest absolute Gasteiger partial charge is 0.346 e. The van der Waals surface area contributed by atoms with E-state index in [0.29, 0.717) is 12.5 Å². The lowest BCUT2D eigenvalue weighted by Crippen LogP contribution is -2.46. The van der Waals surface area contributed by atoms with Crippen LogP contribution >= 0.6 is 11.3 Å². The van der Waals surface area contributed by atoms with E-state index < -0.39 is 0 Å². The van der Waals surface area contributed by atoms with Crippen LogP contribution in [0.5, 0.6) is 0 Å². The maximum atomic E-state index is 5.85. The molecular formula is C13H22N4S. The van der Waals surface area contributed by atoms with Crippen LogP contribution in [0.3, 0.4) is 0 Å². The Hall–Kier alpha value is -0.650. The molecule has 0 spiro atoms. The van der Waals surface area contributed by atoms with E-state index >= 15 is 0 Å². The zero-order chi connectivity index (χ0) is 12.5. The van der Waals surface area contributed by atoms with Crippen LogP contribution in [0.2, 0.25) is 0 Å². The number of nitrogens with two attached hydrogens (primary N) is 1. The average molecular weight is 266 g/mol. The van der Waals surface area contributed by atoms with Gasteiger partial charge in [-0.3, -0.25) is 0 Å². The Labute approximate surface area is 113 Å². The molecule has 1 aromatic heterocycles. The van der Waals surface area contributed by atoms with Crippen molar-refractivity contribution in [3.63, 3.8) is 0 Å². The fraction of sp³-hybridized carbons (Fsp3) is 0.769. The minimum atomic E-state index is 0.651. The van der Waals surface area contributed by atoms with Gasteiger partial charge >= 0.3 is 0 Å². The number of anilines is 1. The van der Waals surface area contributed by atoms with Crippen LogP contribution in [0.4, 0.5) is 5.13 Å². The molecule has 5 heteroatoms. The van der Waals surface area contributed by atoms with Crippen LogP contribution < -0.4 is 10.6 Å². The lowest BCUT2D eigenvalue weighted by Gasteiger charge is -2.33. The van der Waals surface area contributed by atoms with Gasteiger partial charge in [0.1, 0.15) is 0 Å². The van der Waals surface area contributed by atoms with Gasteiger partial charge in [-0.05, 0) is 19.4 Å². The van der Waals surface area contributed by atoms with Crippen molar-refractivity contribution in [2.45, 2.75) is 32.2 Å². The third-order valence-electron chi connectivity index (χ3n) is 3.96. The van der Waals surface area contributed by atoms with E-state index in [9.17, 15) is 0 Å². The number of hydrogen-bond acceptors (Lipinski definition) is 5. The van der Waals surface area contributed by atoms with Crippen LogP contribution in [0, 0.1) is 0 Å². The Morgan fingerprint density at radius 2 is 2.00 bits per heavy atom. The van der Waals surface area contributed by atoms with Crippen LogP contribution in [0.25, 0.3) is 0 Å². The fourth-order valence-electron chi connectivity index (χ4n) is 2.56. The fourth-order valence-corrected chi connectivity index (χ4v) is 3.64.